The van der Waals surface area contributed by atoms with Crippen LogP contribution in [-0.4, -0.2) is 46.9 Å². The van der Waals surface area contributed by atoms with Gasteiger partial charge in [-0.05, 0) is 43.2 Å². The standard InChI is InChI=1S/C23H27NO7/c1-6-31-22(26)23(21(25)24-15-8-7-9-16(12-15)27-2)13-17(23)14-10-18(28-3)20(30-5)19(11-14)29-4/h7-12,17H,6,13H2,1-5H3,(H,24,25). The second kappa shape index (κ2) is 9.16. The lowest BCUT2D eigenvalue weighted by Crippen LogP contribution is -2.34. The second-order valence-corrected chi connectivity index (χ2v) is 7.09. The number of carbonyl (C=O) groups is 2. The van der Waals surface area contributed by atoms with E-state index in [0.717, 1.165) is 5.56 Å². The van der Waals surface area contributed by atoms with Gasteiger partial charge in [-0.2, -0.15) is 0 Å². The first kappa shape index (κ1) is 22.3. The molecule has 2 atom stereocenters. The van der Waals surface area contributed by atoms with E-state index < -0.39 is 23.2 Å². The minimum Gasteiger partial charge on any atom is -0.497 e. The van der Waals surface area contributed by atoms with Crippen molar-refractivity contribution in [2.24, 2.45) is 5.41 Å². The van der Waals surface area contributed by atoms with E-state index in [4.69, 9.17) is 23.7 Å². The number of hydrogen-bond acceptors (Lipinski definition) is 7. The summed E-state index contributed by atoms with van der Waals surface area (Å²) in [4.78, 5) is 26.2. The first-order chi connectivity index (χ1) is 14.9. The molecule has 1 amide bonds. The zero-order valence-electron chi connectivity index (χ0n) is 18.3. The Labute approximate surface area is 181 Å². The fraction of sp³-hybridized carbons (Fsp3) is 0.391. The predicted octanol–water partition coefficient (Wildman–Crippen LogP) is 3.40. The van der Waals surface area contributed by atoms with Gasteiger partial charge in [-0.15, -0.1) is 0 Å². The van der Waals surface area contributed by atoms with E-state index in [1.54, 1.807) is 50.4 Å². The summed E-state index contributed by atoms with van der Waals surface area (Å²) in [6.07, 6.45) is 0.306. The monoisotopic (exact) mass is 429 g/mol. The zero-order valence-corrected chi connectivity index (χ0v) is 18.3. The van der Waals surface area contributed by atoms with Crippen LogP contribution in [0.25, 0.3) is 0 Å². The van der Waals surface area contributed by atoms with Crippen LogP contribution in [0.3, 0.4) is 0 Å². The molecule has 8 heteroatoms. The number of nitrogens with one attached hydrogen (secondary N) is 1. The lowest BCUT2D eigenvalue weighted by atomic mass is 9.97. The van der Waals surface area contributed by atoms with Gasteiger partial charge in [0, 0.05) is 17.7 Å². The molecule has 166 valence electrons. The Morgan fingerprint density at radius 2 is 1.68 bits per heavy atom. The van der Waals surface area contributed by atoms with E-state index in [1.807, 2.05) is 0 Å². The molecule has 1 fully saturated rings. The molecule has 2 unspecified atom stereocenters. The van der Waals surface area contributed by atoms with E-state index in [2.05, 4.69) is 5.32 Å². The largest absolute Gasteiger partial charge is 0.497 e. The van der Waals surface area contributed by atoms with Gasteiger partial charge in [-0.1, -0.05) is 6.07 Å². The number of ether oxygens (including phenoxy) is 5. The van der Waals surface area contributed by atoms with Crippen molar-refractivity contribution in [2.45, 2.75) is 19.3 Å². The van der Waals surface area contributed by atoms with Crippen molar-refractivity contribution in [2.75, 3.05) is 40.4 Å². The number of carbonyl (C=O) groups excluding carboxylic acids is 2. The Bertz CT molecular complexity index is 949. The molecule has 0 aliphatic heterocycles. The third kappa shape index (κ3) is 4.10. The van der Waals surface area contributed by atoms with Crippen molar-refractivity contribution in [1.29, 1.82) is 0 Å². The third-order valence-electron chi connectivity index (χ3n) is 5.42. The molecule has 2 aromatic rings. The molecule has 0 spiro atoms. The van der Waals surface area contributed by atoms with Gasteiger partial charge >= 0.3 is 5.97 Å². The molecule has 0 bridgehead atoms. The Balaban J connectivity index is 1.96. The summed E-state index contributed by atoms with van der Waals surface area (Å²) in [6, 6.07) is 10.5. The minimum absolute atomic E-state index is 0.176. The van der Waals surface area contributed by atoms with Crippen LogP contribution >= 0.6 is 0 Å². The van der Waals surface area contributed by atoms with Gasteiger partial charge in [0.25, 0.3) is 0 Å². The maximum atomic E-state index is 13.3. The van der Waals surface area contributed by atoms with Crippen molar-refractivity contribution in [3.63, 3.8) is 0 Å². The number of hydrogen-bond donors (Lipinski definition) is 1. The number of esters is 1. The highest BCUT2D eigenvalue weighted by molar-refractivity contribution is 6.13. The normalized spacial score (nSPS) is 19.2. The summed E-state index contributed by atoms with van der Waals surface area (Å²) in [6.45, 7) is 1.89. The zero-order chi connectivity index (χ0) is 22.6. The molecule has 1 N–H and O–H groups in total. The lowest BCUT2D eigenvalue weighted by Gasteiger charge is -2.18. The average Bonchev–Trinajstić information content (AvgIpc) is 3.55. The Morgan fingerprint density at radius 1 is 1.00 bits per heavy atom. The molecule has 31 heavy (non-hydrogen) atoms. The molecule has 1 aliphatic rings. The number of amides is 1. The number of benzene rings is 2. The molecule has 0 heterocycles. The topological polar surface area (TPSA) is 92.3 Å². The van der Waals surface area contributed by atoms with E-state index in [-0.39, 0.29) is 6.61 Å². The highest BCUT2D eigenvalue weighted by Gasteiger charge is 2.67. The fourth-order valence-corrected chi connectivity index (χ4v) is 3.74. The predicted molar refractivity (Wildman–Crippen MR) is 114 cm³/mol. The van der Waals surface area contributed by atoms with E-state index in [1.165, 1.54) is 21.3 Å². The molecule has 0 saturated heterocycles. The summed E-state index contributed by atoms with van der Waals surface area (Å²) in [5.74, 6) is 0.555. The van der Waals surface area contributed by atoms with Gasteiger partial charge in [-0.25, -0.2) is 0 Å². The Morgan fingerprint density at radius 3 is 2.23 bits per heavy atom. The molecule has 3 rings (SSSR count). The molecular weight excluding hydrogens is 402 g/mol. The summed E-state index contributed by atoms with van der Waals surface area (Å²) in [5, 5.41) is 2.83. The molecule has 2 aromatic carbocycles. The Hall–Kier alpha value is -3.42. The highest BCUT2D eigenvalue weighted by atomic mass is 16.5. The van der Waals surface area contributed by atoms with Gasteiger partial charge in [0.1, 0.15) is 5.75 Å². The van der Waals surface area contributed by atoms with Crippen molar-refractivity contribution < 1.29 is 33.3 Å². The van der Waals surface area contributed by atoms with Crippen LogP contribution in [0.5, 0.6) is 23.0 Å². The van der Waals surface area contributed by atoms with Crippen LogP contribution in [0, 0.1) is 5.41 Å². The number of anilines is 1. The summed E-state index contributed by atoms with van der Waals surface area (Å²) < 4.78 is 26.7. The molecule has 0 aromatic heterocycles. The minimum atomic E-state index is -1.34. The van der Waals surface area contributed by atoms with Gasteiger partial charge in [-0.3, -0.25) is 9.59 Å². The smallest absolute Gasteiger partial charge is 0.322 e. The maximum Gasteiger partial charge on any atom is 0.322 e. The van der Waals surface area contributed by atoms with Gasteiger partial charge in [0.05, 0.1) is 35.0 Å². The van der Waals surface area contributed by atoms with E-state index in [9.17, 15) is 9.59 Å². The van der Waals surface area contributed by atoms with Crippen molar-refractivity contribution in [1.82, 2.24) is 0 Å². The van der Waals surface area contributed by atoms with E-state index >= 15 is 0 Å². The van der Waals surface area contributed by atoms with Gasteiger partial charge in [0.15, 0.2) is 16.9 Å². The van der Waals surface area contributed by atoms with Crippen molar-refractivity contribution >= 4 is 17.6 Å². The van der Waals surface area contributed by atoms with Crippen LogP contribution < -0.4 is 24.3 Å². The lowest BCUT2D eigenvalue weighted by molar-refractivity contribution is -0.153. The molecule has 8 nitrogen and oxygen atoms in total. The molecule has 1 saturated carbocycles. The fourth-order valence-electron chi connectivity index (χ4n) is 3.74. The van der Waals surface area contributed by atoms with Gasteiger partial charge in [0.2, 0.25) is 11.7 Å². The number of methoxy groups -OCH3 is 4. The molecule has 1 aliphatic carbocycles. The summed E-state index contributed by atoms with van der Waals surface area (Å²) in [7, 11) is 6.09. The van der Waals surface area contributed by atoms with Crippen LogP contribution in [0.15, 0.2) is 36.4 Å². The quantitative estimate of drug-likeness (QED) is 0.482. The first-order valence-electron chi connectivity index (χ1n) is 9.87. The third-order valence-corrected chi connectivity index (χ3v) is 5.42. The average molecular weight is 429 g/mol. The van der Waals surface area contributed by atoms with Crippen LogP contribution in [-0.2, 0) is 14.3 Å². The maximum absolute atomic E-state index is 13.3. The van der Waals surface area contributed by atoms with Crippen molar-refractivity contribution in [3.8, 4) is 23.0 Å². The Kier molecular flexibility index (Phi) is 6.58. The number of rotatable bonds is 9. The van der Waals surface area contributed by atoms with Crippen LogP contribution in [0.4, 0.5) is 5.69 Å². The van der Waals surface area contributed by atoms with Crippen LogP contribution in [0.2, 0.25) is 0 Å². The van der Waals surface area contributed by atoms with E-state index in [0.29, 0.717) is 35.1 Å². The highest BCUT2D eigenvalue weighted by Crippen LogP contribution is 2.62. The van der Waals surface area contributed by atoms with Gasteiger partial charge < -0.3 is 29.0 Å². The van der Waals surface area contributed by atoms with Crippen LogP contribution in [0.1, 0.15) is 24.8 Å². The summed E-state index contributed by atoms with van der Waals surface area (Å²) >= 11 is 0. The molecular formula is C23H27NO7. The SMILES string of the molecule is CCOC(=O)C1(C(=O)Nc2cccc(OC)c2)CC1c1cc(OC)c(OC)c(OC)c1. The van der Waals surface area contributed by atoms with Crippen molar-refractivity contribution in [3.05, 3.63) is 42.0 Å². The second-order valence-electron chi connectivity index (χ2n) is 7.09. The molecule has 0 radical (unpaired) electrons. The summed E-state index contributed by atoms with van der Waals surface area (Å²) in [5.41, 5.74) is -0.0872. The first-order valence-corrected chi connectivity index (χ1v) is 9.87.